The molecule has 0 radical (unpaired) electrons. The maximum atomic E-state index is 11.8. The van der Waals surface area contributed by atoms with Crippen molar-refractivity contribution in [1.82, 2.24) is 4.98 Å². The van der Waals surface area contributed by atoms with Crippen molar-refractivity contribution in [3.8, 4) is 11.1 Å². The Morgan fingerprint density at radius 2 is 1.68 bits per heavy atom. The first-order chi connectivity index (χ1) is 14.6. The van der Waals surface area contributed by atoms with Crippen LogP contribution >= 0.6 is 7.60 Å². The van der Waals surface area contributed by atoms with Crippen LogP contribution in [0.15, 0.2) is 72.5 Å². The normalized spacial score (nSPS) is 12.6. The zero-order chi connectivity index (χ0) is 22.2. The van der Waals surface area contributed by atoms with E-state index >= 15 is 0 Å². The highest BCUT2D eigenvalue weighted by molar-refractivity contribution is 7.92. The number of nitrogens with zero attached hydrogens (tertiary/aromatic N) is 1. The smallest absolute Gasteiger partial charge is 0.321 e. The molecule has 0 aliphatic rings. The average Bonchev–Trinajstić information content (AvgIpc) is 2.69. The van der Waals surface area contributed by atoms with Gasteiger partial charge in [0.05, 0.1) is 17.5 Å². The minimum Gasteiger partial charge on any atom is -0.321 e. The molecule has 3 N–H and O–H groups in total. The van der Waals surface area contributed by atoms with E-state index in [1.165, 1.54) is 6.08 Å². The number of hydrogen-bond donors (Lipinski definition) is 3. The van der Waals surface area contributed by atoms with Gasteiger partial charge in [-0.1, -0.05) is 48.5 Å². The topological polar surface area (TPSA) is 117 Å². The molecule has 0 saturated carbocycles. The van der Waals surface area contributed by atoms with Gasteiger partial charge in [0.15, 0.2) is 0 Å². The first-order valence-electron chi connectivity index (χ1n) is 9.24. The molecule has 0 bridgehead atoms. The summed E-state index contributed by atoms with van der Waals surface area (Å²) < 4.78 is 37.4. The number of sulfonamides is 1. The molecule has 1 heterocycles. The lowest BCUT2D eigenvalue weighted by atomic mass is 9.95. The van der Waals surface area contributed by atoms with Crippen molar-refractivity contribution >= 4 is 51.1 Å². The minimum absolute atomic E-state index is 0.376. The molecule has 0 amide bonds. The third-order valence-corrected chi connectivity index (χ3v) is 5.78. The molecule has 9 heteroatoms. The van der Waals surface area contributed by atoms with Gasteiger partial charge < -0.3 is 9.79 Å². The Balaban J connectivity index is 2.01. The van der Waals surface area contributed by atoms with Crippen LogP contribution in [0.1, 0.15) is 5.69 Å². The Kier molecular flexibility index (Phi) is 5.41. The molecule has 1 aromatic heterocycles. The maximum Gasteiger partial charge on any atom is 0.349 e. The summed E-state index contributed by atoms with van der Waals surface area (Å²) in [6.07, 6.45) is 2.36. The number of fused-ring (bicyclic) bond motifs is 2. The molecule has 4 rings (SSSR count). The number of anilines is 1. The highest BCUT2D eigenvalue weighted by Crippen LogP contribution is 2.38. The SMILES string of the molecule is CS(=O)(=O)Nc1cc(-c2cccc3ccccc23)c2nc(C=CP(=O)(O)O)ccc2c1. The summed E-state index contributed by atoms with van der Waals surface area (Å²) in [5, 5.41) is 2.68. The van der Waals surface area contributed by atoms with E-state index in [2.05, 4.69) is 9.71 Å². The predicted molar refractivity (Wildman–Crippen MR) is 124 cm³/mol. The van der Waals surface area contributed by atoms with Crippen LogP contribution in [0.4, 0.5) is 5.69 Å². The Morgan fingerprint density at radius 1 is 0.935 bits per heavy atom. The summed E-state index contributed by atoms with van der Waals surface area (Å²) in [5.41, 5.74) is 2.93. The molecule has 0 aliphatic carbocycles. The van der Waals surface area contributed by atoms with Gasteiger partial charge >= 0.3 is 7.60 Å². The van der Waals surface area contributed by atoms with Crippen molar-refractivity contribution in [3.63, 3.8) is 0 Å². The molecule has 31 heavy (non-hydrogen) atoms. The lowest BCUT2D eigenvalue weighted by molar-refractivity contribution is 0.386. The van der Waals surface area contributed by atoms with Gasteiger partial charge in [-0.3, -0.25) is 9.29 Å². The fourth-order valence-corrected chi connectivity index (χ4v) is 4.35. The van der Waals surface area contributed by atoms with Gasteiger partial charge in [-0.2, -0.15) is 0 Å². The van der Waals surface area contributed by atoms with Crippen molar-refractivity contribution in [3.05, 3.63) is 78.2 Å². The molecule has 0 atom stereocenters. The second kappa shape index (κ2) is 7.90. The number of rotatable bonds is 5. The zero-order valence-corrected chi connectivity index (χ0v) is 18.1. The molecule has 7 nitrogen and oxygen atoms in total. The van der Waals surface area contributed by atoms with Crippen LogP contribution in [0.3, 0.4) is 0 Å². The summed E-state index contributed by atoms with van der Waals surface area (Å²) in [6.45, 7) is 0. The van der Waals surface area contributed by atoms with E-state index in [-0.39, 0.29) is 0 Å². The zero-order valence-electron chi connectivity index (χ0n) is 16.4. The molecule has 3 aromatic carbocycles. The van der Waals surface area contributed by atoms with Crippen LogP contribution in [0.25, 0.3) is 38.9 Å². The molecule has 0 aliphatic heterocycles. The Labute approximate surface area is 179 Å². The van der Waals surface area contributed by atoms with Crippen LogP contribution in [-0.2, 0) is 14.6 Å². The molecule has 158 valence electrons. The van der Waals surface area contributed by atoms with Crippen molar-refractivity contribution in [2.24, 2.45) is 0 Å². The van der Waals surface area contributed by atoms with Gasteiger partial charge in [0.25, 0.3) is 0 Å². The summed E-state index contributed by atoms with van der Waals surface area (Å²) in [5.74, 6) is 0.804. The van der Waals surface area contributed by atoms with Crippen LogP contribution in [0.5, 0.6) is 0 Å². The first kappa shape index (κ1) is 21.2. The van der Waals surface area contributed by atoms with Crippen molar-refractivity contribution < 1.29 is 22.8 Å². The summed E-state index contributed by atoms with van der Waals surface area (Å²) in [4.78, 5) is 22.8. The van der Waals surface area contributed by atoms with Gasteiger partial charge in [0, 0.05) is 22.5 Å². The van der Waals surface area contributed by atoms with Gasteiger partial charge in [-0.15, -0.1) is 0 Å². The van der Waals surface area contributed by atoms with E-state index in [1.54, 1.807) is 24.3 Å². The van der Waals surface area contributed by atoms with Gasteiger partial charge in [0.1, 0.15) is 0 Å². The Morgan fingerprint density at radius 3 is 2.42 bits per heavy atom. The summed E-state index contributed by atoms with van der Waals surface area (Å²) in [6, 6.07) is 20.4. The standard InChI is InChI=1S/C22H19N2O5PS/c1-31(28,29)24-18-13-16-9-10-17(11-12-30(25,26)27)23-22(16)21(14-18)20-8-4-6-15-5-2-3-7-19(15)20/h2-14,24H,1H3,(H2,25,26,27). The molecule has 0 saturated heterocycles. The number of benzene rings is 3. The average molecular weight is 454 g/mol. The van der Waals surface area contributed by atoms with E-state index in [1.807, 2.05) is 42.5 Å². The van der Waals surface area contributed by atoms with E-state index in [0.717, 1.165) is 28.4 Å². The van der Waals surface area contributed by atoms with Crippen molar-refractivity contribution in [2.45, 2.75) is 0 Å². The fourth-order valence-electron chi connectivity index (χ4n) is 3.46. The second-order valence-electron chi connectivity index (χ2n) is 7.14. The summed E-state index contributed by atoms with van der Waals surface area (Å²) in [7, 11) is -7.81. The first-order valence-corrected chi connectivity index (χ1v) is 12.8. The molecule has 0 fully saturated rings. The quantitative estimate of drug-likeness (QED) is 0.380. The summed E-state index contributed by atoms with van der Waals surface area (Å²) >= 11 is 0. The van der Waals surface area contributed by atoms with Gasteiger partial charge in [0.2, 0.25) is 10.0 Å². The Hall–Kier alpha value is -3.03. The predicted octanol–water partition coefficient (Wildman–Crippen LogP) is 4.57. The van der Waals surface area contributed by atoms with Crippen molar-refractivity contribution in [2.75, 3.05) is 11.0 Å². The van der Waals surface area contributed by atoms with E-state index in [9.17, 15) is 13.0 Å². The molecule has 4 aromatic rings. The lowest BCUT2D eigenvalue weighted by Gasteiger charge is -2.13. The maximum absolute atomic E-state index is 11.8. The van der Waals surface area contributed by atoms with E-state index < -0.39 is 17.6 Å². The lowest BCUT2D eigenvalue weighted by Crippen LogP contribution is -2.09. The van der Waals surface area contributed by atoms with E-state index in [0.29, 0.717) is 27.8 Å². The molecule has 0 unspecified atom stereocenters. The number of aromatic nitrogens is 1. The van der Waals surface area contributed by atoms with Crippen molar-refractivity contribution in [1.29, 1.82) is 0 Å². The number of pyridine rings is 1. The van der Waals surface area contributed by atoms with Gasteiger partial charge in [-0.05, 0) is 40.6 Å². The second-order valence-corrected chi connectivity index (χ2v) is 10.4. The molecular formula is C22H19N2O5PS. The monoisotopic (exact) mass is 454 g/mol. The highest BCUT2D eigenvalue weighted by Gasteiger charge is 2.14. The van der Waals surface area contributed by atoms with Crippen LogP contribution < -0.4 is 4.72 Å². The van der Waals surface area contributed by atoms with Gasteiger partial charge in [-0.25, -0.2) is 13.4 Å². The van der Waals surface area contributed by atoms with Crippen LogP contribution in [0, 0.1) is 0 Å². The third-order valence-electron chi connectivity index (χ3n) is 4.64. The van der Waals surface area contributed by atoms with Crippen LogP contribution in [-0.4, -0.2) is 29.4 Å². The minimum atomic E-state index is -4.32. The molecular weight excluding hydrogens is 435 g/mol. The Bertz CT molecular complexity index is 1490. The number of nitrogens with one attached hydrogen (secondary N) is 1. The largest absolute Gasteiger partial charge is 0.349 e. The number of hydrogen-bond acceptors (Lipinski definition) is 4. The van der Waals surface area contributed by atoms with Crippen LogP contribution in [0.2, 0.25) is 0 Å². The molecule has 0 spiro atoms. The fraction of sp³-hybridized carbons (Fsp3) is 0.0455. The third kappa shape index (κ3) is 5.00. The van der Waals surface area contributed by atoms with E-state index in [4.69, 9.17) is 9.79 Å². The highest BCUT2D eigenvalue weighted by atomic mass is 32.2.